The van der Waals surface area contributed by atoms with E-state index in [9.17, 15) is 5.11 Å². The number of hydrogen-bond acceptors (Lipinski definition) is 9. The van der Waals surface area contributed by atoms with Crippen molar-refractivity contribution in [1.29, 1.82) is 0 Å². The Balaban J connectivity index is 1.66. The van der Waals surface area contributed by atoms with Gasteiger partial charge in [0.1, 0.15) is 30.0 Å². The maximum Gasteiger partial charge on any atom is 0.162 e. The largest absolute Gasteiger partial charge is 0.491 e. The average molecular weight is 440 g/mol. The van der Waals surface area contributed by atoms with Gasteiger partial charge in [0.05, 0.1) is 29.6 Å². The van der Waals surface area contributed by atoms with Crippen molar-refractivity contribution in [3.8, 4) is 28.4 Å². The molecule has 3 heterocycles. The van der Waals surface area contributed by atoms with Crippen LogP contribution in [0.2, 0.25) is 0 Å². The van der Waals surface area contributed by atoms with Gasteiger partial charge >= 0.3 is 0 Å². The van der Waals surface area contributed by atoms with Gasteiger partial charge in [-0.2, -0.15) is 0 Å². The molecular formula is C23H29N5O4. The summed E-state index contributed by atoms with van der Waals surface area (Å²) < 4.78 is 16.6. The smallest absolute Gasteiger partial charge is 0.162 e. The van der Waals surface area contributed by atoms with Gasteiger partial charge in [0.25, 0.3) is 0 Å². The van der Waals surface area contributed by atoms with Crippen molar-refractivity contribution in [2.75, 3.05) is 38.7 Å². The first kappa shape index (κ1) is 22.2. The molecule has 0 saturated carbocycles. The molecule has 2 aromatic heterocycles. The molecule has 0 spiro atoms. The van der Waals surface area contributed by atoms with Gasteiger partial charge in [0.15, 0.2) is 5.82 Å². The summed E-state index contributed by atoms with van der Waals surface area (Å²) in [6, 6.07) is 9.68. The van der Waals surface area contributed by atoms with Gasteiger partial charge in [-0.25, -0.2) is 9.97 Å². The highest BCUT2D eigenvalue weighted by Gasteiger charge is 2.20. The van der Waals surface area contributed by atoms with Crippen molar-refractivity contribution in [2.24, 2.45) is 0 Å². The van der Waals surface area contributed by atoms with Crippen LogP contribution in [0.4, 0.5) is 5.82 Å². The van der Waals surface area contributed by atoms with Gasteiger partial charge in [-0.05, 0) is 39.4 Å². The van der Waals surface area contributed by atoms with Crippen LogP contribution < -0.4 is 15.4 Å². The van der Waals surface area contributed by atoms with Gasteiger partial charge in [0, 0.05) is 24.8 Å². The molecule has 0 radical (unpaired) electrons. The molecule has 2 atom stereocenters. The van der Waals surface area contributed by atoms with Crippen LogP contribution in [0.5, 0.6) is 5.75 Å². The number of aliphatic hydroxyl groups is 1. The third-order valence-corrected chi connectivity index (χ3v) is 5.27. The second-order valence-corrected chi connectivity index (χ2v) is 7.92. The van der Waals surface area contributed by atoms with E-state index in [2.05, 4.69) is 15.8 Å². The summed E-state index contributed by atoms with van der Waals surface area (Å²) in [5, 5.41) is 20.4. The number of likely N-dealkylation sites (N-methyl/N-ethyl adjacent to an activating group) is 1. The summed E-state index contributed by atoms with van der Waals surface area (Å²) >= 11 is 0. The molecule has 0 bridgehead atoms. The number of benzene rings is 1. The predicted molar refractivity (Wildman–Crippen MR) is 121 cm³/mol. The Morgan fingerprint density at radius 2 is 2.12 bits per heavy atom. The number of aromatic nitrogens is 3. The van der Waals surface area contributed by atoms with E-state index in [0.717, 1.165) is 41.4 Å². The van der Waals surface area contributed by atoms with Crippen LogP contribution in [0.15, 0.2) is 34.9 Å². The number of aryl methyl sites for hydroxylation is 2. The van der Waals surface area contributed by atoms with E-state index in [1.807, 2.05) is 44.2 Å². The number of anilines is 1. The van der Waals surface area contributed by atoms with Crippen LogP contribution in [0.1, 0.15) is 17.9 Å². The Bertz CT molecular complexity index is 1030. The molecule has 4 rings (SSSR count). The summed E-state index contributed by atoms with van der Waals surface area (Å²) in [6.45, 7) is 5.82. The van der Waals surface area contributed by atoms with Gasteiger partial charge in [0.2, 0.25) is 0 Å². The fourth-order valence-electron chi connectivity index (χ4n) is 3.70. The lowest BCUT2D eigenvalue weighted by Gasteiger charge is -2.15. The van der Waals surface area contributed by atoms with Gasteiger partial charge in [-0.1, -0.05) is 17.3 Å². The first-order valence-electron chi connectivity index (χ1n) is 10.8. The summed E-state index contributed by atoms with van der Waals surface area (Å²) in [5.74, 6) is 2.63. The molecule has 9 nitrogen and oxygen atoms in total. The van der Waals surface area contributed by atoms with E-state index >= 15 is 0 Å². The first-order valence-corrected chi connectivity index (χ1v) is 10.8. The van der Waals surface area contributed by atoms with Crippen LogP contribution in [0, 0.1) is 13.8 Å². The minimum absolute atomic E-state index is 0.193. The monoisotopic (exact) mass is 439 g/mol. The lowest BCUT2D eigenvalue weighted by molar-refractivity contribution is 0.108. The molecule has 170 valence electrons. The second-order valence-electron chi connectivity index (χ2n) is 7.92. The Morgan fingerprint density at radius 1 is 1.25 bits per heavy atom. The molecule has 1 aromatic carbocycles. The Kier molecular flexibility index (Phi) is 6.99. The van der Waals surface area contributed by atoms with Gasteiger partial charge in [-0.15, -0.1) is 0 Å². The SMILES string of the molecule is CNCC(O)COc1cccc(-c2nc(NC3CCOC3)cc(-c3c(C)noc3C)n2)c1. The van der Waals surface area contributed by atoms with E-state index in [1.54, 1.807) is 7.05 Å². The fourth-order valence-corrected chi connectivity index (χ4v) is 3.70. The lowest BCUT2D eigenvalue weighted by atomic mass is 10.1. The minimum atomic E-state index is -0.591. The zero-order valence-corrected chi connectivity index (χ0v) is 18.6. The Morgan fingerprint density at radius 3 is 2.84 bits per heavy atom. The average Bonchev–Trinajstić information content (AvgIpc) is 3.41. The number of rotatable bonds is 9. The first-order chi connectivity index (χ1) is 15.5. The van der Waals surface area contributed by atoms with E-state index in [1.165, 1.54) is 0 Å². The number of aliphatic hydroxyl groups excluding tert-OH is 1. The van der Waals surface area contributed by atoms with Crippen molar-refractivity contribution < 1.29 is 19.1 Å². The number of hydrogen-bond donors (Lipinski definition) is 3. The lowest BCUT2D eigenvalue weighted by Crippen LogP contribution is -2.29. The molecule has 3 aromatic rings. The maximum absolute atomic E-state index is 9.92. The molecule has 0 amide bonds. The predicted octanol–water partition coefficient (Wildman–Crippen LogP) is 2.58. The molecular weight excluding hydrogens is 410 g/mol. The van der Waals surface area contributed by atoms with Gasteiger partial charge in [-0.3, -0.25) is 0 Å². The summed E-state index contributed by atoms with van der Waals surface area (Å²) in [4.78, 5) is 9.57. The van der Waals surface area contributed by atoms with Crippen molar-refractivity contribution >= 4 is 5.82 Å². The summed E-state index contributed by atoms with van der Waals surface area (Å²) in [6.07, 6.45) is 0.338. The van der Waals surface area contributed by atoms with Crippen molar-refractivity contribution in [1.82, 2.24) is 20.4 Å². The maximum atomic E-state index is 9.92. The standard InChI is InChI=1S/C23H29N5O4/c1-14-22(15(2)32-28-14)20-10-21(25-17-7-8-30-12-17)27-23(26-20)16-5-4-6-19(9-16)31-13-18(29)11-24-3/h4-6,9-10,17-18,24,29H,7-8,11-13H2,1-3H3,(H,25,26,27). The highest BCUT2D eigenvalue weighted by Crippen LogP contribution is 2.30. The van der Waals surface area contributed by atoms with E-state index in [0.29, 0.717) is 30.5 Å². The molecule has 2 unspecified atom stereocenters. The molecule has 3 N–H and O–H groups in total. The zero-order chi connectivity index (χ0) is 22.5. The molecule has 1 fully saturated rings. The normalized spacial score (nSPS) is 16.8. The van der Waals surface area contributed by atoms with Crippen LogP contribution >= 0.6 is 0 Å². The Labute approximate surface area is 187 Å². The molecule has 1 saturated heterocycles. The second kappa shape index (κ2) is 10.1. The third-order valence-electron chi connectivity index (χ3n) is 5.27. The van der Waals surface area contributed by atoms with E-state index in [-0.39, 0.29) is 12.6 Å². The highest BCUT2D eigenvalue weighted by molar-refractivity contribution is 5.70. The van der Waals surface area contributed by atoms with E-state index < -0.39 is 6.10 Å². The quantitative estimate of drug-likeness (QED) is 0.463. The van der Waals surface area contributed by atoms with Gasteiger partial charge < -0.3 is 29.7 Å². The molecule has 0 aliphatic carbocycles. The Hall–Kier alpha value is -3.01. The number of nitrogens with one attached hydrogen (secondary N) is 2. The molecule has 32 heavy (non-hydrogen) atoms. The number of ether oxygens (including phenoxy) is 2. The van der Waals surface area contributed by atoms with E-state index in [4.69, 9.17) is 24.0 Å². The molecule has 1 aliphatic rings. The summed E-state index contributed by atoms with van der Waals surface area (Å²) in [7, 11) is 1.79. The summed E-state index contributed by atoms with van der Waals surface area (Å²) in [5.41, 5.74) is 3.19. The van der Waals surface area contributed by atoms with Crippen LogP contribution in [0.3, 0.4) is 0 Å². The van der Waals surface area contributed by atoms with Crippen LogP contribution in [-0.2, 0) is 4.74 Å². The molecule has 1 aliphatic heterocycles. The minimum Gasteiger partial charge on any atom is -0.491 e. The third kappa shape index (κ3) is 5.24. The molecule has 9 heteroatoms. The van der Waals surface area contributed by atoms with Crippen molar-refractivity contribution in [2.45, 2.75) is 32.4 Å². The van der Waals surface area contributed by atoms with Crippen molar-refractivity contribution in [3.05, 3.63) is 41.8 Å². The highest BCUT2D eigenvalue weighted by atomic mass is 16.5. The zero-order valence-electron chi connectivity index (χ0n) is 18.6. The number of nitrogens with zero attached hydrogens (tertiary/aromatic N) is 3. The van der Waals surface area contributed by atoms with Crippen molar-refractivity contribution in [3.63, 3.8) is 0 Å². The van der Waals surface area contributed by atoms with Crippen LogP contribution in [-0.4, -0.2) is 65.8 Å². The fraction of sp³-hybridized carbons (Fsp3) is 0.435. The van der Waals surface area contributed by atoms with Crippen LogP contribution in [0.25, 0.3) is 22.6 Å². The topological polar surface area (TPSA) is 115 Å².